The topological polar surface area (TPSA) is 61.4 Å². The molecule has 0 radical (unpaired) electrons. The number of hydrogen-bond acceptors (Lipinski definition) is 3. The zero-order valence-corrected chi connectivity index (χ0v) is 15.6. The third-order valence-electron chi connectivity index (χ3n) is 5.50. The van der Waals surface area contributed by atoms with E-state index in [0.29, 0.717) is 25.9 Å². The molecule has 5 heteroatoms. The molecule has 0 aliphatic carbocycles. The predicted octanol–water partition coefficient (Wildman–Crippen LogP) is 2.64. The average molecular weight is 363 g/mol. The van der Waals surface area contributed by atoms with E-state index in [1.165, 1.54) is 11.1 Å². The first-order valence-electron chi connectivity index (χ1n) is 9.60. The Bertz CT molecular complexity index is 864. The molecule has 0 spiro atoms. The summed E-state index contributed by atoms with van der Waals surface area (Å²) >= 11 is 0. The number of likely N-dealkylation sites (tertiary alicyclic amines) is 1. The second-order valence-electron chi connectivity index (χ2n) is 7.45. The van der Waals surface area contributed by atoms with Crippen molar-refractivity contribution in [1.82, 2.24) is 10.2 Å². The lowest BCUT2D eigenvalue weighted by atomic mass is 9.95. The van der Waals surface area contributed by atoms with Gasteiger partial charge in [0.2, 0.25) is 11.8 Å². The van der Waals surface area contributed by atoms with Crippen LogP contribution < -0.4 is 10.6 Å². The molecule has 27 heavy (non-hydrogen) atoms. The molecule has 2 aromatic rings. The van der Waals surface area contributed by atoms with E-state index in [-0.39, 0.29) is 17.9 Å². The van der Waals surface area contributed by atoms with Gasteiger partial charge in [-0.2, -0.15) is 0 Å². The summed E-state index contributed by atoms with van der Waals surface area (Å²) in [5.41, 5.74) is 4.34. The first kappa shape index (κ1) is 17.7. The number of amides is 2. The monoisotopic (exact) mass is 363 g/mol. The fourth-order valence-electron chi connectivity index (χ4n) is 4.08. The minimum absolute atomic E-state index is 0.0337. The minimum atomic E-state index is -0.392. The maximum atomic E-state index is 13.1. The van der Waals surface area contributed by atoms with E-state index >= 15 is 0 Å². The van der Waals surface area contributed by atoms with E-state index in [9.17, 15) is 9.59 Å². The third kappa shape index (κ3) is 3.74. The van der Waals surface area contributed by atoms with E-state index in [1.54, 1.807) is 4.90 Å². The Labute approximate surface area is 159 Å². The summed E-state index contributed by atoms with van der Waals surface area (Å²) in [5.74, 6) is -0.0611. The molecule has 140 valence electrons. The summed E-state index contributed by atoms with van der Waals surface area (Å²) < 4.78 is 0. The highest BCUT2D eigenvalue weighted by Crippen LogP contribution is 2.23. The molecule has 5 nitrogen and oxygen atoms in total. The number of carbonyl (C=O) groups is 2. The summed E-state index contributed by atoms with van der Waals surface area (Å²) in [6.07, 6.45) is 2.26. The second-order valence-corrected chi connectivity index (χ2v) is 7.45. The second kappa shape index (κ2) is 7.53. The summed E-state index contributed by atoms with van der Waals surface area (Å²) in [7, 11) is 0. The van der Waals surface area contributed by atoms with Crippen molar-refractivity contribution >= 4 is 17.5 Å². The van der Waals surface area contributed by atoms with Gasteiger partial charge in [-0.1, -0.05) is 36.4 Å². The van der Waals surface area contributed by atoms with Crippen molar-refractivity contribution in [3.05, 3.63) is 65.2 Å². The maximum absolute atomic E-state index is 13.1. The molecule has 1 fully saturated rings. The number of anilines is 1. The van der Waals surface area contributed by atoms with E-state index in [4.69, 9.17) is 0 Å². The van der Waals surface area contributed by atoms with Crippen LogP contribution in [0.25, 0.3) is 0 Å². The Morgan fingerprint density at radius 2 is 1.93 bits per heavy atom. The highest BCUT2D eigenvalue weighted by Gasteiger charge is 2.38. The normalized spacial score (nSPS) is 21.6. The van der Waals surface area contributed by atoms with Crippen molar-refractivity contribution in [2.45, 2.75) is 44.8 Å². The fraction of sp³-hybridized carbons (Fsp3) is 0.364. The molecule has 4 rings (SSSR count). The number of rotatable bonds is 3. The van der Waals surface area contributed by atoms with Gasteiger partial charge in [-0.05, 0) is 55.0 Å². The molecule has 2 unspecified atom stereocenters. The van der Waals surface area contributed by atoms with Gasteiger partial charge < -0.3 is 15.5 Å². The number of hydrogen-bond donors (Lipinski definition) is 2. The number of benzene rings is 2. The molecule has 2 heterocycles. The highest BCUT2D eigenvalue weighted by atomic mass is 16.2. The standard InChI is InChI=1S/C22H25N3O2/c1-15-6-4-9-18(12-15)24-21(26)20-10-5-11-25(20)22(27)19-13-16-7-2-3-8-17(16)14-23-19/h2-4,6-9,12,19-20,23H,5,10-11,13-14H2,1H3,(H,24,26). The van der Waals surface area contributed by atoms with Gasteiger partial charge in [-0.15, -0.1) is 0 Å². The van der Waals surface area contributed by atoms with Gasteiger partial charge >= 0.3 is 0 Å². The Kier molecular flexibility index (Phi) is 4.94. The molecular weight excluding hydrogens is 338 g/mol. The Hall–Kier alpha value is -2.66. The van der Waals surface area contributed by atoms with Crippen molar-refractivity contribution < 1.29 is 9.59 Å². The zero-order chi connectivity index (χ0) is 18.8. The van der Waals surface area contributed by atoms with Crippen LogP contribution in [0.4, 0.5) is 5.69 Å². The molecule has 0 bridgehead atoms. The van der Waals surface area contributed by atoms with E-state index in [0.717, 1.165) is 17.7 Å². The van der Waals surface area contributed by atoms with Gasteiger partial charge in [-0.3, -0.25) is 9.59 Å². The van der Waals surface area contributed by atoms with Gasteiger partial charge in [0.05, 0.1) is 6.04 Å². The number of carbonyl (C=O) groups excluding carboxylic acids is 2. The van der Waals surface area contributed by atoms with Crippen LogP contribution in [-0.2, 0) is 22.6 Å². The van der Waals surface area contributed by atoms with Crippen LogP contribution in [0.15, 0.2) is 48.5 Å². The SMILES string of the molecule is Cc1cccc(NC(=O)C2CCCN2C(=O)C2Cc3ccccc3CN2)c1. The van der Waals surface area contributed by atoms with Crippen LogP contribution >= 0.6 is 0 Å². The van der Waals surface area contributed by atoms with E-state index in [2.05, 4.69) is 22.8 Å². The van der Waals surface area contributed by atoms with Crippen LogP contribution in [0.1, 0.15) is 29.5 Å². The van der Waals surface area contributed by atoms with Gasteiger partial charge in [-0.25, -0.2) is 0 Å². The molecule has 2 atom stereocenters. The lowest BCUT2D eigenvalue weighted by Gasteiger charge is -2.31. The first-order valence-corrected chi connectivity index (χ1v) is 9.60. The van der Waals surface area contributed by atoms with Gasteiger partial charge in [0, 0.05) is 18.8 Å². The van der Waals surface area contributed by atoms with Gasteiger partial charge in [0.25, 0.3) is 0 Å². The summed E-state index contributed by atoms with van der Waals surface area (Å²) in [6.45, 7) is 3.33. The smallest absolute Gasteiger partial charge is 0.247 e. The maximum Gasteiger partial charge on any atom is 0.247 e. The summed E-state index contributed by atoms with van der Waals surface area (Å²) in [5, 5.41) is 6.32. The quantitative estimate of drug-likeness (QED) is 0.881. The van der Waals surface area contributed by atoms with Crippen LogP contribution in [0, 0.1) is 6.92 Å². The molecule has 2 N–H and O–H groups in total. The molecule has 2 aromatic carbocycles. The number of fused-ring (bicyclic) bond motifs is 1. The lowest BCUT2D eigenvalue weighted by Crippen LogP contribution is -2.53. The van der Waals surface area contributed by atoms with E-state index < -0.39 is 6.04 Å². The molecule has 0 aromatic heterocycles. The average Bonchev–Trinajstić information content (AvgIpc) is 3.17. The first-order chi connectivity index (χ1) is 13.1. The van der Waals surface area contributed by atoms with Crippen molar-refractivity contribution in [1.29, 1.82) is 0 Å². The van der Waals surface area contributed by atoms with Crippen molar-refractivity contribution in [3.8, 4) is 0 Å². The predicted molar refractivity (Wildman–Crippen MR) is 105 cm³/mol. The highest BCUT2D eigenvalue weighted by molar-refractivity contribution is 5.98. The Morgan fingerprint density at radius 1 is 1.11 bits per heavy atom. The Balaban J connectivity index is 1.45. The summed E-state index contributed by atoms with van der Waals surface area (Å²) in [4.78, 5) is 27.7. The van der Waals surface area contributed by atoms with Gasteiger partial charge in [0.1, 0.15) is 6.04 Å². The fourth-order valence-corrected chi connectivity index (χ4v) is 4.08. The van der Waals surface area contributed by atoms with Crippen LogP contribution in [0.5, 0.6) is 0 Å². The van der Waals surface area contributed by atoms with E-state index in [1.807, 2.05) is 43.3 Å². The van der Waals surface area contributed by atoms with Crippen molar-refractivity contribution in [3.63, 3.8) is 0 Å². The summed E-state index contributed by atoms with van der Waals surface area (Å²) in [6, 6.07) is 15.3. The van der Waals surface area contributed by atoms with Crippen molar-refractivity contribution in [2.24, 2.45) is 0 Å². The van der Waals surface area contributed by atoms with Crippen LogP contribution in [-0.4, -0.2) is 35.3 Å². The number of nitrogens with zero attached hydrogens (tertiary/aromatic N) is 1. The molecule has 2 aliphatic rings. The molecule has 0 saturated carbocycles. The number of aryl methyl sites for hydroxylation is 1. The minimum Gasteiger partial charge on any atom is -0.329 e. The molecule has 2 amide bonds. The van der Waals surface area contributed by atoms with Crippen LogP contribution in [0.3, 0.4) is 0 Å². The molecule has 1 saturated heterocycles. The van der Waals surface area contributed by atoms with Crippen LogP contribution in [0.2, 0.25) is 0 Å². The number of nitrogens with one attached hydrogen (secondary N) is 2. The van der Waals surface area contributed by atoms with Crippen molar-refractivity contribution in [2.75, 3.05) is 11.9 Å². The lowest BCUT2D eigenvalue weighted by molar-refractivity contribution is -0.138. The molecule has 2 aliphatic heterocycles. The third-order valence-corrected chi connectivity index (χ3v) is 5.50. The molecular formula is C22H25N3O2. The Morgan fingerprint density at radius 3 is 2.74 bits per heavy atom. The largest absolute Gasteiger partial charge is 0.329 e. The zero-order valence-electron chi connectivity index (χ0n) is 15.6. The van der Waals surface area contributed by atoms with Gasteiger partial charge in [0.15, 0.2) is 0 Å².